The number of ether oxygens (including phenoxy) is 1. The summed E-state index contributed by atoms with van der Waals surface area (Å²) >= 11 is 0. The Bertz CT molecular complexity index is 476. The lowest BCUT2D eigenvalue weighted by Gasteiger charge is -2.27. The molecule has 3 N–H and O–H groups in total. The summed E-state index contributed by atoms with van der Waals surface area (Å²) in [4.78, 5) is 11.6. The fraction of sp³-hybridized carbons (Fsp3) is 0.438. The van der Waals surface area contributed by atoms with Gasteiger partial charge in [0.05, 0.1) is 13.1 Å². The number of benzene rings is 1. The molecule has 1 aromatic carbocycles. The summed E-state index contributed by atoms with van der Waals surface area (Å²) in [5.41, 5.74) is -0.907. The molecule has 0 bridgehead atoms. The first-order valence-electron chi connectivity index (χ1n) is 7.28. The van der Waals surface area contributed by atoms with Crippen LogP contribution in [0.1, 0.15) is 19.3 Å². The highest BCUT2D eigenvalue weighted by molar-refractivity contribution is 5.73. The van der Waals surface area contributed by atoms with Crippen LogP contribution in [0.25, 0.3) is 0 Å². The first-order valence-corrected chi connectivity index (χ1v) is 7.28. The molecular formula is C16H22N2O3. The van der Waals surface area contributed by atoms with Crippen LogP contribution in [0.15, 0.2) is 42.5 Å². The van der Waals surface area contributed by atoms with E-state index >= 15 is 0 Å². The van der Waals surface area contributed by atoms with Gasteiger partial charge >= 0.3 is 6.03 Å². The molecule has 0 radical (unpaired) electrons. The van der Waals surface area contributed by atoms with Gasteiger partial charge in [0.2, 0.25) is 0 Å². The van der Waals surface area contributed by atoms with Gasteiger partial charge in [0.1, 0.15) is 18.0 Å². The minimum Gasteiger partial charge on any atom is -0.492 e. The number of amides is 2. The predicted molar refractivity (Wildman–Crippen MR) is 81.3 cm³/mol. The minimum atomic E-state index is -0.907. The summed E-state index contributed by atoms with van der Waals surface area (Å²) in [6.07, 6.45) is 6.35. The number of carbonyl (C=O) groups excluding carboxylic acids is 1. The van der Waals surface area contributed by atoms with E-state index in [1.807, 2.05) is 36.4 Å². The van der Waals surface area contributed by atoms with Gasteiger partial charge in [-0.3, -0.25) is 0 Å². The molecule has 1 aliphatic carbocycles. The normalized spacial score (nSPS) is 20.8. The average Bonchev–Trinajstić information content (AvgIpc) is 2.51. The van der Waals surface area contributed by atoms with E-state index in [0.717, 1.165) is 18.6 Å². The molecule has 21 heavy (non-hydrogen) atoms. The molecule has 0 fully saturated rings. The molecule has 0 aromatic heterocycles. The van der Waals surface area contributed by atoms with Gasteiger partial charge < -0.3 is 20.5 Å². The van der Waals surface area contributed by atoms with E-state index in [-0.39, 0.29) is 12.6 Å². The molecule has 114 valence electrons. The Morgan fingerprint density at radius 1 is 1.29 bits per heavy atom. The third kappa shape index (κ3) is 5.47. The fourth-order valence-corrected chi connectivity index (χ4v) is 2.21. The van der Waals surface area contributed by atoms with Gasteiger partial charge in [-0.15, -0.1) is 0 Å². The van der Waals surface area contributed by atoms with E-state index in [1.165, 1.54) is 0 Å². The van der Waals surface area contributed by atoms with Crippen LogP contribution in [0.2, 0.25) is 0 Å². The fourth-order valence-electron chi connectivity index (χ4n) is 2.21. The van der Waals surface area contributed by atoms with Crippen LogP contribution in [0, 0.1) is 0 Å². The molecule has 1 aliphatic rings. The standard InChI is InChI=1S/C16H22N2O3/c19-15(18-13-16(20)9-5-2-6-10-16)17-11-12-21-14-7-3-1-4-8-14/h1,3-5,7-9,20H,2,6,10-13H2,(H2,17,18,19). The van der Waals surface area contributed by atoms with Crippen molar-refractivity contribution in [3.8, 4) is 5.75 Å². The van der Waals surface area contributed by atoms with E-state index in [0.29, 0.717) is 19.6 Å². The van der Waals surface area contributed by atoms with Gasteiger partial charge in [0.15, 0.2) is 0 Å². The third-order valence-electron chi connectivity index (χ3n) is 3.36. The first-order chi connectivity index (χ1) is 10.2. The van der Waals surface area contributed by atoms with E-state index in [1.54, 1.807) is 6.08 Å². The molecule has 1 aromatic rings. The largest absolute Gasteiger partial charge is 0.492 e. The molecule has 1 atom stereocenters. The summed E-state index contributed by atoms with van der Waals surface area (Å²) in [6.45, 7) is 1.05. The predicted octanol–water partition coefficient (Wildman–Crippen LogP) is 1.84. The molecule has 2 amide bonds. The minimum absolute atomic E-state index is 0.231. The molecule has 0 heterocycles. The van der Waals surface area contributed by atoms with Crippen molar-refractivity contribution in [2.45, 2.75) is 24.9 Å². The number of hydrogen-bond acceptors (Lipinski definition) is 3. The number of allylic oxidation sites excluding steroid dienone is 1. The molecular weight excluding hydrogens is 268 g/mol. The number of rotatable bonds is 6. The molecule has 0 saturated carbocycles. The van der Waals surface area contributed by atoms with E-state index in [9.17, 15) is 9.90 Å². The van der Waals surface area contributed by atoms with Crippen LogP contribution >= 0.6 is 0 Å². The SMILES string of the molecule is O=C(NCCOc1ccccc1)NCC1(O)C=CCCC1. The van der Waals surface area contributed by atoms with Crippen LogP contribution in [0.5, 0.6) is 5.75 Å². The Morgan fingerprint density at radius 3 is 2.81 bits per heavy atom. The van der Waals surface area contributed by atoms with Crippen LogP contribution in [0.3, 0.4) is 0 Å². The van der Waals surface area contributed by atoms with Crippen LogP contribution in [-0.4, -0.2) is 36.4 Å². The highest BCUT2D eigenvalue weighted by atomic mass is 16.5. The summed E-state index contributed by atoms with van der Waals surface area (Å²) in [5.74, 6) is 0.779. The van der Waals surface area contributed by atoms with Gasteiger partial charge in [0, 0.05) is 0 Å². The number of nitrogens with one attached hydrogen (secondary N) is 2. The molecule has 2 rings (SSSR count). The number of urea groups is 1. The number of para-hydroxylation sites is 1. The van der Waals surface area contributed by atoms with E-state index in [2.05, 4.69) is 10.6 Å². The molecule has 1 unspecified atom stereocenters. The highest BCUT2D eigenvalue weighted by Crippen LogP contribution is 2.20. The van der Waals surface area contributed by atoms with Crippen LogP contribution in [0.4, 0.5) is 4.79 Å². The van der Waals surface area contributed by atoms with E-state index < -0.39 is 5.60 Å². The van der Waals surface area contributed by atoms with Crippen molar-refractivity contribution in [3.05, 3.63) is 42.5 Å². The van der Waals surface area contributed by atoms with Crippen molar-refractivity contribution in [3.63, 3.8) is 0 Å². The van der Waals surface area contributed by atoms with Crippen molar-refractivity contribution in [2.75, 3.05) is 19.7 Å². The van der Waals surface area contributed by atoms with Crippen molar-refractivity contribution in [2.24, 2.45) is 0 Å². The lowest BCUT2D eigenvalue weighted by molar-refractivity contribution is 0.0762. The Hall–Kier alpha value is -2.01. The maximum absolute atomic E-state index is 11.6. The zero-order chi connectivity index (χ0) is 15.0. The zero-order valence-corrected chi connectivity index (χ0v) is 12.0. The monoisotopic (exact) mass is 290 g/mol. The Labute approximate surface area is 125 Å². The highest BCUT2D eigenvalue weighted by Gasteiger charge is 2.25. The molecule has 0 spiro atoms. The number of aliphatic hydroxyl groups is 1. The lowest BCUT2D eigenvalue weighted by Crippen LogP contribution is -2.46. The Kier molecular flexibility index (Phi) is 5.63. The molecule has 0 saturated heterocycles. The summed E-state index contributed by atoms with van der Waals surface area (Å²) < 4.78 is 5.47. The van der Waals surface area contributed by atoms with E-state index in [4.69, 9.17) is 4.74 Å². The van der Waals surface area contributed by atoms with Gasteiger partial charge in [0.25, 0.3) is 0 Å². The van der Waals surface area contributed by atoms with Gasteiger partial charge in [-0.2, -0.15) is 0 Å². The molecule has 5 nitrogen and oxygen atoms in total. The second-order valence-corrected chi connectivity index (χ2v) is 5.17. The Balaban J connectivity index is 1.59. The van der Waals surface area contributed by atoms with Crippen molar-refractivity contribution >= 4 is 6.03 Å². The third-order valence-corrected chi connectivity index (χ3v) is 3.36. The van der Waals surface area contributed by atoms with Crippen molar-refractivity contribution < 1.29 is 14.6 Å². The smallest absolute Gasteiger partial charge is 0.315 e. The van der Waals surface area contributed by atoms with Gasteiger partial charge in [-0.05, 0) is 31.4 Å². The summed E-state index contributed by atoms with van der Waals surface area (Å²) in [5, 5.41) is 15.6. The first kappa shape index (κ1) is 15.4. The summed E-state index contributed by atoms with van der Waals surface area (Å²) in [7, 11) is 0. The molecule has 0 aliphatic heterocycles. The number of hydrogen-bond donors (Lipinski definition) is 3. The topological polar surface area (TPSA) is 70.6 Å². The second-order valence-electron chi connectivity index (χ2n) is 5.17. The second kappa shape index (κ2) is 7.69. The maximum atomic E-state index is 11.6. The summed E-state index contributed by atoms with van der Waals surface area (Å²) in [6, 6.07) is 9.15. The van der Waals surface area contributed by atoms with Crippen molar-refractivity contribution in [1.82, 2.24) is 10.6 Å². The number of carbonyl (C=O) groups is 1. The maximum Gasteiger partial charge on any atom is 0.315 e. The van der Waals surface area contributed by atoms with Gasteiger partial charge in [-0.25, -0.2) is 4.79 Å². The lowest BCUT2D eigenvalue weighted by atomic mass is 9.91. The average molecular weight is 290 g/mol. The van der Waals surface area contributed by atoms with Crippen LogP contribution in [-0.2, 0) is 0 Å². The Morgan fingerprint density at radius 2 is 2.10 bits per heavy atom. The van der Waals surface area contributed by atoms with Crippen molar-refractivity contribution in [1.29, 1.82) is 0 Å². The quantitative estimate of drug-likeness (QED) is 0.553. The van der Waals surface area contributed by atoms with Gasteiger partial charge in [-0.1, -0.05) is 30.4 Å². The molecule has 5 heteroatoms. The van der Waals surface area contributed by atoms with Crippen LogP contribution < -0.4 is 15.4 Å². The zero-order valence-electron chi connectivity index (χ0n) is 12.0.